The summed E-state index contributed by atoms with van der Waals surface area (Å²) in [5, 5.41) is 12.8. The van der Waals surface area contributed by atoms with Crippen LogP contribution in [0.4, 0.5) is 5.69 Å². The van der Waals surface area contributed by atoms with Gasteiger partial charge in [-0.05, 0) is 73.1 Å². The van der Waals surface area contributed by atoms with Crippen LogP contribution in [-0.4, -0.2) is 43.2 Å². The number of ether oxygens (including phenoxy) is 1. The number of allylic oxidation sites excluding steroid dienone is 1. The van der Waals surface area contributed by atoms with Crippen LogP contribution in [0.3, 0.4) is 0 Å². The molecule has 0 aliphatic rings. The quantitative estimate of drug-likeness (QED) is 0.336. The number of nitrogens with one attached hydrogen (secondary N) is 1. The lowest BCUT2D eigenvalue weighted by Crippen LogP contribution is -2.19. The molecular weight excluding hydrogens is 412 g/mol. The van der Waals surface area contributed by atoms with Crippen molar-refractivity contribution in [1.29, 1.82) is 0 Å². The van der Waals surface area contributed by atoms with Crippen LogP contribution in [0.15, 0.2) is 78.9 Å². The molecule has 0 aliphatic heterocycles. The Labute approximate surface area is 196 Å². The minimum Gasteiger partial charge on any atom is -0.508 e. The van der Waals surface area contributed by atoms with Gasteiger partial charge in [0.15, 0.2) is 0 Å². The third kappa shape index (κ3) is 6.70. The van der Waals surface area contributed by atoms with Crippen LogP contribution in [0.1, 0.15) is 25.0 Å². The number of phenols is 1. The van der Waals surface area contributed by atoms with Crippen molar-refractivity contribution in [3.05, 3.63) is 90.0 Å². The zero-order chi connectivity index (χ0) is 23.8. The van der Waals surface area contributed by atoms with Crippen LogP contribution in [0.5, 0.6) is 11.5 Å². The molecule has 33 heavy (non-hydrogen) atoms. The van der Waals surface area contributed by atoms with Crippen molar-refractivity contribution in [1.82, 2.24) is 4.90 Å². The first kappa shape index (κ1) is 24.1. The summed E-state index contributed by atoms with van der Waals surface area (Å²) in [4.78, 5) is 15.6. The highest BCUT2D eigenvalue weighted by atomic mass is 16.5. The predicted octanol–water partition coefficient (Wildman–Crippen LogP) is 5.54. The Bertz CT molecular complexity index is 1070. The average Bonchev–Trinajstić information content (AvgIpc) is 2.79. The van der Waals surface area contributed by atoms with E-state index in [1.165, 1.54) is 0 Å². The number of likely N-dealkylation sites (N-methyl/N-ethyl adjacent to an activating group) is 1. The first-order valence-electron chi connectivity index (χ1n) is 11.1. The van der Waals surface area contributed by atoms with E-state index in [2.05, 4.69) is 24.1 Å². The molecule has 0 spiro atoms. The lowest BCUT2D eigenvalue weighted by molar-refractivity contribution is -0.111. The van der Waals surface area contributed by atoms with Crippen molar-refractivity contribution in [2.24, 2.45) is 5.92 Å². The van der Waals surface area contributed by atoms with Crippen LogP contribution in [0.25, 0.3) is 11.1 Å². The van der Waals surface area contributed by atoms with E-state index in [-0.39, 0.29) is 17.6 Å². The molecule has 3 aromatic rings. The molecule has 0 aromatic heterocycles. The van der Waals surface area contributed by atoms with Gasteiger partial charge < -0.3 is 20.1 Å². The average molecular weight is 445 g/mol. The molecule has 0 aliphatic carbocycles. The molecule has 0 heterocycles. The van der Waals surface area contributed by atoms with E-state index in [0.717, 1.165) is 29.0 Å². The van der Waals surface area contributed by atoms with Crippen LogP contribution in [0, 0.1) is 5.92 Å². The summed E-state index contributed by atoms with van der Waals surface area (Å²) in [5.41, 5.74) is 3.97. The van der Waals surface area contributed by atoms with E-state index in [0.29, 0.717) is 17.9 Å². The molecular formula is C28H32N2O3. The molecule has 0 unspecified atom stereocenters. The normalized spacial score (nSPS) is 11.9. The Kier molecular flexibility index (Phi) is 8.28. The molecule has 5 nitrogen and oxygen atoms in total. The number of carbonyl (C=O) groups is 1. The third-order valence-corrected chi connectivity index (χ3v) is 5.23. The Morgan fingerprint density at radius 1 is 0.909 bits per heavy atom. The summed E-state index contributed by atoms with van der Waals surface area (Å²) in [6, 6.07) is 24.1. The van der Waals surface area contributed by atoms with Crippen molar-refractivity contribution in [3.8, 4) is 11.5 Å². The van der Waals surface area contributed by atoms with Gasteiger partial charge in [0.2, 0.25) is 0 Å². The van der Waals surface area contributed by atoms with Crippen LogP contribution >= 0.6 is 0 Å². The Morgan fingerprint density at radius 2 is 1.55 bits per heavy atom. The van der Waals surface area contributed by atoms with E-state index >= 15 is 0 Å². The summed E-state index contributed by atoms with van der Waals surface area (Å²) >= 11 is 0. The van der Waals surface area contributed by atoms with E-state index in [1.54, 1.807) is 24.3 Å². The van der Waals surface area contributed by atoms with E-state index in [4.69, 9.17) is 4.74 Å². The first-order valence-corrected chi connectivity index (χ1v) is 11.1. The molecule has 0 saturated heterocycles. The number of hydrogen-bond acceptors (Lipinski definition) is 4. The number of nitrogens with zero attached hydrogens (tertiary/aromatic N) is 1. The summed E-state index contributed by atoms with van der Waals surface area (Å²) in [6.07, 6.45) is 0. The van der Waals surface area contributed by atoms with Crippen LogP contribution in [-0.2, 0) is 4.79 Å². The number of anilines is 1. The van der Waals surface area contributed by atoms with Gasteiger partial charge in [-0.3, -0.25) is 4.79 Å². The molecule has 3 aromatic carbocycles. The third-order valence-electron chi connectivity index (χ3n) is 5.23. The maximum atomic E-state index is 13.6. The van der Waals surface area contributed by atoms with Gasteiger partial charge in [-0.25, -0.2) is 0 Å². The fourth-order valence-electron chi connectivity index (χ4n) is 3.60. The number of carbonyl (C=O) groups excluding carboxylic acids is 1. The maximum Gasteiger partial charge on any atom is 0.256 e. The predicted molar refractivity (Wildman–Crippen MR) is 135 cm³/mol. The molecule has 0 fully saturated rings. The number of phenolic OH excluding ortho intramolecular Hbond substituents is 1. The number of hydrogen-bond donors (Lipinski definition) is 2. The van der Waals surface area contributed by atoms with Crippen molar-refractivity contribution in [3.63, 3.8) is 0 Å². The maximum absolute atomic E-state index is 13.6. The topological polar surface area (TPSA) is 61.8 Å². The van der Waals surface area contributed by atoms with Gasteiger partial charge in [0.1, 0.15) is 18.1 Å². The molecule has 5 heteroatoms. The van der Waals surface area contributed by atoms with Gasteiger partial charge in [-0.15, -0.1) is 0 Å². The molecule has 2 N–H and O–H groups in total. The second-order valence-corrected chi connectivity index (χ2v) is 8.49. The lowest BCUT2D eigenvalue weighted by Gasteiger charge is -2.19. The monoisotopic (exact) mass is 444 g/mol. The van der Waals surface area contributed by atoms with E-state index in [9.17, 15) is 9.90 Å². The lowest BCUT2D eigenvalue weighted by atomic mass is 9.87. The van der Waals surface area contributed by atoms with Crippen molar-refractivity contribution in [2.45, 2.75) is 13.8 Å². The molecule has 172 valence electrons. The number of aromatic hydroxyl groups is 1. The fraction of sp³-hybridized carbons (Fsp3) is 0.250. The molecule has 3 rings (SSSR count). The smallest absolute Gasteiger partial charge is 0.256 e. The summed E-state index contributed by atoms with van der Waals surface area (Å²) < 4.78 is 5.74. The minimum atomic E-state index is -0.200. The SMILES string of the molecule is CC(C)/C(=C(/C(=O)Nc1ccc(OCCN(C)C)cc1)c1ccc(O)cc1)c1ccccc1. The zero-order valence-corrected chi connectivity index (χ0v) is 19.7. The van der Waals surface area contributed by atoms with Crippen LogP contribution < -0.4 is 10.1 Å². The highest BCUT2D eigenvalue weighted by Gasteiger charge is 2.21. The van der Waals surface area contributed by atoms with Gasteiger partial charge in [0.05, 0.1) is 5.57 Å². The summed E-state index contributed by atoms with van der Waals surface area (Å²) in [7, 11) is 4.00. The Hall–Kier alpha value is -3.57. The highest BCUT2D eigenvalue weighted by molar-refractivity contribution is 6.31. The fourth-order valence-corrected chi connectivity index (χ4v) is 3.60. The molecule has 0 radical (unpaired) electrons. The van der Waals surface area contributed by atoms with E-state index in [1.807, 2.05) is 68.7 Å². The zero-order valence-electron chi connectivity index (χ0n) is 19.7. The standard InChI is InChI=1S/C28H32N2O3/c1-20(2)26(21-8-6-5-7-9-21)27(22-10-14-24(31)15-11-22)28(32)29-23-12-16-25(17-13-23)33-19-18-30(3)4/h5-17,20,31H,18-19H2,1-4H3,(H,29,32)/b27-26-. The molecule has 1 amide bonds. The highest BCUT2D eigenvalue weighted by Crippen LogP contribution is 2.34. The van der Waals surface area contributed by atoms with Crippen molar-refractivity contribution >= 4 is 22.7 Å². The van der Waals surface area contributed by atoms with Gasteiger partial charge in [-0.2, -0.15) is 0 Å². The summed E-state index contributed by atoms with van der Waals surface area (Å²) in [5.74, 6) is 0.828. The largest absolute Gasteiger partial charge is 0.508 e. The minimum absolute atomic E-state index is 0.106. The summed E-state index contributed by atoms with van der Waals surface area (Å²) in [6.45, 7) is 5.59. The Balaban J connectivity index is 1.93. The van der Waals surface area contributed by atoms with Crippen molar-refractivity contribution < 1.29 is 14.6 Å². The molecule has 0 atom stereocenters. The second-order valence-electron chi connectivity index (χ2n) is 8.49. The number of benzene rings is 3. The second kappa shape index (κ2) is 11.3. The number of amides is 1. The van der Waals surface area contributed by atoms with Gasteiger partial charge in [0, 0.05) is 12.2 Å². The van der Waals surface area contributed by atoms with Gasteiger partial charge in [0.25, 0.3) is 5.91 Å². The van der Waals surface area contributed by atoms with Gasteiger partial charge in [-0.1, -0.05) is 56.3 Å². The van der Waals surface area contributed by atoms with Crippen LogP contribution in [0.2, 0.25) is 0 Å². The molecule has 0 bridgehead atoms. The Morgan fingerprint density at radius 3 is 2.12 bits per heavy atom. The number of rotatable bonds is 9. The van der Waals surface area contributed by atoms with Gasteiger partial charge >= 0.3 is 0 Å². The van der Waals surface area contributed by atoms with Crippen molar-refractivity contribution in [2.75, 3.05) is 32.6 Å². The molecule has 0 saturated carbocycles. The first-order chi connectivity index (χ1) is 15.8. The van der Waals surface area contributed by atoms with E-state index < -0.39 is 0 Å².